The van der Waals surface area contributed by atoms with Gasteiger partial charge in [0.2, 0.25) is 6.79 Å². The van der Waals surface area contributed by atoms with Gasteiger partial charge in [0.1, 0.15) is 16.9 Å². The lowest BCUT2D eigenvalue weighted by molar-refractivity contribution is 0.0733. The first kappa shape index (κ1) is 20.1. The largest absolute Gasteiger partial charge is 0.454 e. The average molecular weight is 463 g/mol. The number of hydrogen-bond donors (Lipinski definition) is 2. The van der Waals surface area contributed by atoms with Crippen molar-refractivity contribution in [3.05, 3.63) is 69.6 Å². The quantitative estimate of drug-likeness (QED) is 0.434. The number of rotatable bonds is 3. The van der Waals surface area contributed by atoms with Crippen LogP contribution in [0, 0.1) is 5.92 Å². The summed E-state index contributed by atoms with van der Waals surface area (Å²) >= 11 is 1.69. The zero-order valence-electron chi connectivity index (χ0n) is 18.0. The molecule has 0 bridgehead atoms. The molecule has 1 amide bonds. The fourth-order valence-corrected chi connectivity index (χ4v) is 6.01. The summed E-state index contributed by atoms with van der Waals surface area (Å²) in [5, 5.41) is 7.46. The molecule has 6 rings (SSSR count). The highest BCUT2D eigenvalue weighted by molar-refractivity contribution is 7.16. The Morgan fingerprint density at radius 1 is 1.12 bits per heavy atom. The number of ether oxygens (including phenoxy) is 3. The summed E-state index contributed by atoms with van der Waals surface area (Å²) in [6, 6.07) is 12.1. The highest BCUT2D eigenvalue weighted by atomic mass is 32.1. The Morgan fingerprint density at radius 3 is 2.91 bits per heavy atom. The molecule has 2 aliphatic heterocycles. The van der Waals surface area contributed by atoms with Gasteiger partial charge in [0.05, 0.1) is 11.1 Å². The topological polar surface area (TPSA) is 85.9 Å². The number of anilines is 1. The van der Waals surface area contributed by atoms with Crippen LogP contribution in [0.1, 0.15) is 56.2 Å². The maximum Gasteiger partial charge on any atom is 0.343 e. The minimum Gasteiger partial charge on any atom is -0.454 e. The van der Waals surface area contributed by atoms with E-state index in [2.05, 4.69) is 17.6 Å². The molecule has 8 heteroatoms. The summed E-state index contributed by atoms with van der Waals surface area (Å²) in [4.78, 5) is 26.9. The molecular formula is C25H22N2O5S. The maximum atomic E-state index is 13.0. The van der Waals surface area contributed by atoms with E-state index in [1.807, 2.05) is 12.1 Å². The fraction of sp³-hybridized carbons (Fsp3) is 0.280. The van der Waals surface area contributed by atoms with E-state index < -0.39 is 12.1 Å². The SMILES string of the molecule is C[C@@H]1CCc2c(sc3c2C(=O)N[C@@H](c2cccc(OC(=O)c4ccc5c(c4)OCO5)c2)N3)C1. The van der Waals surface area contributed by atoms with Gasteiger partial charge in [-0.3, -0.25) is 4.79 Å². The Labute approximate surface area is 194 Å². The van der Waals surface area contributed by atoms with Crippen molar-refractivity contribution in [2.75, 3.05) is 12.1 Å². The van der Waals surface area contributed by atoms with Crippen LogP contribution in [0.5, 0.6) is 17.2 Å². The van der Waals surface area contributed by atoms with Crippen molar-refractivity contribution in [3.8, 4) is 17.2 Å². The number of thiophene rings is 1. The van der Waals surface area contributed by atoms with E-state index in [0.29, 0.717) is 28.7 Å². The van der Waals surface area contributed by atoms with E-state index in [1.165, 1.54) is 10.4 Å². The van der Waals surface area contributed by atoms with Gasteiger partial charge < -0.3 is 24.8 Å². The van der Waals surface area contributed by atoms with Crippen LogP contribution >= 0.6 is 11.3 Å². The molecule has 2 N–H and O–H groups in total. The number of amides is 1. The molecule has 2 aromatic carbocycles. The summed E-state index contributed by atoms with van der Waals surface area (Å²) in [6.07, 6.45) is 2.70. The number of esters is 1. The van der Waals surface area contributed by atoms with Crippen LogP contribution < -0.4 is 24.8 Å². The van der Waals surface area contributed by atoms with E-state index >= 15 is 0 Å². The number of benzene rings is 2. The van der Waals surface area contributed by atoms with Crippen LogP contribution in [0.2, 0.25) is 0 Å². The monoisotopic (exact) mass is 462 g/mol. The van der Waals surface area contributed by atoms with E-state index in [1.54, 1.807) is 41.7 Å². The smallest absolute Gasteiger partial charge is 0.343 e. The molecule has 2 atom stereocenters. The van der Waals surface area contributed by atoms with Gasteiger partial charge in [-0.05, 0) is 66.6 Å². The lowest BCUT2D eigenvalue weighted by Gasteiger charge is -2.27. The molecule has 0 unspecified atom stereocenters. The van der Waals surface area contributed by atoms with Gasteiger partial charge in [0.15, 0.2) is 11.5 Å². The highest BCUT2D eigenvalue weighted by Crippen LogP contribution is 2.42. The third-order valence-corrected chi connectivity index (χ3v) is 7.49. The van der Waals surface area contributed by atoms with Crippen molar-refractivity contribution < 1.29 is 23.8 Å². The maximum absolute atomic E-state index is 13.0. The summed E-state index contributed by atoms with van der Waals surface area (Å²) in [6.45, 7) is 2.40. The van der Waals surface area contributed by atoms with Crippen molar-refractivity contribution in [2.24, 2.45) is 5.92 Å². The van der Waals surface area contributed by atoms with Crippen molar-refractivity contribution in [1.29, 1.82) is 0 Å². The second-order valence-corrected chi connectivity index (χ2v) is 9.74. The average Bonchev–Trinajstić information content (AvgIpc) is 3.42. The molecule has 0 saturated heterocycles. The number of hydrogen-bond acceptors (Lipinski definition) is 7. The van der Waals surface area contributed by atoms with Crippen molar-refractivity contribution in [1.82, 2.24) is 5.32 Å². The van der Waals surface area contributed by atoms with E-state index in [0.717, 1.165) is 35.4 Å². The molecule has 3 aromatic rings. The van der Waals surface area contributed by atoms with Gasteiger partial charge in [-0.15, -0.1) is 11.3 Å². The van der Waals surface area contributed by atoms with Gasteiger partial charge in [-0.1, -0.05) is 19.1 Å². The third-order valence-electron chi connectivity index (χ3n) is 6.30. The third kappa shape index (κ3) is 3.60. The Morgan fingerprint density at radius 2 is 2.00 bits per heavy atom. The molecular weight excluding hydrogens is 440 g/mol. The lowest BCUT2D eigenvalue weighted by Crippen LogP contribution is -2.38. The second-order valence-electron chi connectivity index (χ2n) is 8.64. The summed E-state index contributed by atoms with van der Waals surface area (Å²) in [5.74, 6) is 1.63. The van der Waals surface area contributed by atoms with Crippen LogP contribution in [0.4, 0.5) is 5.00 Å². The molecule has 0 radical (unpaired) electrons. The van der Waals surface area contributed by atoms with Gasteiger partial charge >= 0.3 is 5.97 Å². The first-order valence-corrected chi connectivity index (χ1v) is 11.8. The summed E-state index contributed by atoms with van der Waals surface area (Å²) in [5.41, 5.74) is 3.17. The number of carbonyl (C=O) groups is 2. The van der Waals surface area contributed by atoms with Gasteiger partial charge in [0, 0.05) is 4.88 Å². The molecule has 168 valence electrons. The number of fused-ring (bicyclic) bond motifs is 4. The zero-order chi connectivity index (χ0) is 22.5. The predicted octanol–water partition coefficient (Wildman–Crippen LogP) is 4.67. The van der Waals surface area contributed by atoms with Gasteiger partial charge in [-0.25, -0.2) is 4.79 Å². The van der Waals surface area contributed by atoms with E-state index in [9.17, 15) is 9.59 Å². The molecule has 3 heterocycles. The summed E-state index contributed by atoms with van der Waals surface area (Å²) in [7, 11) is 0. The predicted molar refractivity (Wildman–Crippen MR) is 123 cm³/mol. The van der Waals surface area contributed by atoms with E-state index in [4.69, 9.17) is 14.2 Å². The van der Waals surface area contributed by atoms with Crippen LogP contribution in [-0.4, -0.2) is 18.7 Å². The van der Waals surface area contributed by atoms with Crippen LogP contribution in [0.3, 0.4) is 0 Å². The fourth-order valence-electron chi connectivity index (χ4n) is 4.58. The Kier molecular flexibility index (Phi) is 4.76. The van der Waals surface area contributed by atoms with Gasteiger partial charge in [0.25, 0.3) is 5.91 Å². The zero-order valence-corrected chi connectivity index (χ0v) is 18.8. The molecule has 3 aliphatic rings. The molecule has 33 heavy (non-hydrogen) atoms. The molecule has 7 nitrogen and oxygen atoms in total. The first-order chi connectivity index (χ1) is 16.0. The highest BCUT2D eigenvalue weighted by Gasteiger charge is 2.33. The first-order valence-electron chi connectivity index (χ1n) is 11.0. The Hall–Kier alpha value is -3.52. The summed E-state index contributed by atoms with van der Waals surface area (Å²) < 4.78 is 16.2. The second kappa shape index (κ2) is 7.81. The molecule has 0 spiro atoms. The van der Waals surface area contributed by atoms with Crippen LogP contribution in [0.25, 0.3) is 0 Å². The number of carbonyl (C=O) groups excluding carboxylic acids is 2. The standard InChI is InChI=1S/C25H22N2O5S/c1-13-5-7-17-20(9-13)33-24-21(17)23(28)26-22(27-24)14-3-2-4-16(10-14)32-25(29)15-6-8-18-19(11-15)31-12-30-18/h2-4,6,8,10-11,13,22,27H,5,7,9,12H2,1H3,(H,26,28)/t13-,22-/m1/s1. The minimum atomic E-state index is -0.492. The normalized spacial score (nSPS) is 20.3. The van der Waals surface area contributed by atoms with Crippen LogP contribution in [0.15, 0.2) is 42.5 Å². The van der Waals surface area contributed by atoms with Crippen molar-refractivity contribution in [2.45, 2.75) is 32.4 Å². The minimum absolute atomic E-state index is 0.0523. The van der Waals surface area contributed by atoms with Crippen LogP contribution in [-0.2, 0) is 12.8 Å². The lowest BCUT2D eigenvalue weighted by atomic mass is 9.88. The van der Waals surface area contributed by atoms with Crippen molar-refractivity contribution in [3.63, 3.8) is 0 Å². The Bertz CT molecular complexity index is 1280. The Balaban J connectivity index is 1.22. The number of nitrogens with one attached hydrogen (secondary N) is 2. The molecule has 0 saturated carbocycles. The van der Waals surface area contributed by atoms with E-state index in [-0.39, 0.29) is 12.7 Å². The van der Waals surface area contributed by atoms with Crippen molar-refractivity contribution >= 4 is 28.2 Å². The molecule has 1 aromatic heterocycles. The van der Waals surface area contributed by atoms with Gasteiger partial charge in [-0.2, -0.15) is 0 Å². The molecule has 1 aliphatic carbocycles. The molecule has 0 fully saturated rings.